The molecule has 0 amide bonds. The average molecular weight is 255 g/mol. The van der Waals surface area contributed by atoms with Crippen LogP contribution in [0, 0.1) is 5.82 Å². The van der Waals surface area contributed by atoms with E-state index < -0.39 is 5.82 Å². The molecule has 0 atom stereocenters. The van der Waals surface area contributed by atoms with E-state index in [4.69, 9.17) is 22.7 Å². The van der Waals surface area contributed by atoms with Crippen molar-refractivity contribution in [1.82, 2.24) is 0 Å². The van der Waals surface area contributed by atoms with Gasteiger partial charge in [-0.1, -0.05) is 44.5 Å². The molecular formula is C13H18FNOS. The van der Waals surface area contributed by atoms with Crippen molar-refractivity contribution >= 4 is 17.2 Å². The maximum atomic E-state index is 13.5. The van der Waals surface area contributed by atoms with E-state index in [9.17, 15) is 4.39 Å². The summed E-state index contributed by atoms with van der Waals surface area (Å²) in [6.45, 7) is 2.72. The molecule has 94 valence electrons. The highest BCUT2D eigenvalue weighted by molar-refractivity contribution is 7.80. The third-order valence-corrected chi connectivity index (χ3v) is 2.68. The first-order valence-corrected chi connectivity index (χ1v) is 6.28. The maximum absolute atomic E-state index is 13.5. The van der Waals surface area contributed by atoms with Crippen LogP contribution < -0.4 is 10.5 Å². The fourth-order valence-electron chi connectivity index (χ4n) is 1.57. The van der Waals surface area contributed by atoms with Crippen LogP contribution in [0.2, 0.25) is 0 Å². The normalized spacial score (nSPS) is 10.2. The molecule has 0 saturated carbocycles. The topological polar surface area (TPSA) is 35.2 Å². The summed E-state index contributed by atoms with van der Waals surface area (Å²) in [5.41, 5.74) is 5.69. The van der Waals surface area contributed by atoms with Gasteiger partial charge in [-0.25, -0.2) is 4.39 Å². The third kappa shape index (κ3) is 4.30. The summed E-state index contributed by atoms with van der Waals surface area (Å²) < 4.78 is 19.0. The van der Waals surface area contributed by atoms with Gasteiger partial charge in [-0.3, -0.25) is 0 Å². The predicted molar refractivity (Wildman–Crippen MR) is 71.9 cm³/mol. The number of nitrogens with two attached hydrogens (primary N) is 1. The number of thiocarbonyl (C=S) groups is 1. The second-order valence-corrected chi connectivity index (χ2v) is 4.33. The van der Waals surface area contributed by atoms with Crippen molar-refractivity contribution < 1.29 is 9.13 Å². The van der Waals surface area contributed by atoms with Gasteiger partial charge in [0, 0.05) is 0 Å². The molecule has 0 aliphatic heterocycles. The summed E-state index contributed by atoms with van der Waals surface area (Å²) in [6, 6.07) is 4.62. The van der Waals surface area contributed by atoms with Gasteiger partial charge in [0.1, 0.15) is 16.6 Å². The van der Waals surface area contributed by atoms with E-state index >= 15 is 0 Å². The Labute approximate surface area is 107 Å². The molecule has 0 bridgehead atoms. The monoisotopic (exact) mass is 255 g/mol. The average Bonchev–Trinajstić information content (AvgIpc) is 2.28. The summed E-state index contributed by atoms with van der Waals surface area (Å²) in [5, 5.41) is 0. The Hall–Kier alpha value is -1.16. The van der Waals surface area contributed by atoms with Crippen LogP contribution in [0.4, 0.5) is 4.39 Å². The van der Waals surface area contributed by atoms with Crippen molar-refractivity contribution in [2.24, 2.45) is 5.73 Å². The highest BCUT2D eigenvalue weighted by Gasteiger charge is 2.11. The van der Waals surface area contributed by atoms with Crippen LogP contribution in [-0.2, 0) is 0 Å². The molecule has 0 radical (unpaired) electrons. The van der Waals surface area contributed by atoms with E-state index in [-0.39, 0.29) is 10.6 Å². The Kier molecular flexibility index (Phi) is 5.91. The molecule has 1 aromatic rings. The second kappa shape index (κ2) is 7.22. The molecule has 0 unspecified atom stereocenters. The van der Waals surface area contributed by atoms with Crippen LogP contribution in [0.15, 0.2) is 18.2 Å². The van der Waals surface area contributed by atoms with Gasteiger partial charge >= 0.3 is 0 Å². The minimum atomic E-state index is -0.427. The molecular weight excluding hydrogens is 237 g/mol. The number of unbranched alkanes of at least 4 members (excludes halogenated alkanes) is 3. The van der Waals surface area contributed by atoms with Crippen molar-refractivity contribution in [2.75, 3.05) is 6.61 Å². The number of hydrogen-bond donors (Lipinski definition) is 1. The van der Waals surface area contributed by atoms with E-state index in [1.54, 1.807) is 12.1 Å². The number of rotatable bonds is 7. The van der Waals surface area contributed by atoms with Crippen LogP contribution in [0.3, 0.4) is 0 Å². The van der Waals surface area contributed by atoms with E-state index in [0.29, 0.717) is 12.4 Å². The molecule has 1 rings (SSSR count). The summed E-state index contributed by atoms with van der Waals surface area (Å²) in [5.74, 6) is 0.0116. The van der Waals surface area contributed by atoms with Crippen molar-refractivity contribution in [3.8, 4) is 5.75 Å². The molecule has 2 nitrogen and oxygen atoms in total. The first-order valence-electron chi connectivity index (χ1n) is 5.88. The summed E-state index contributed by atoms with van der Waals surface area (Å²) in [7, 11) is 0. The van der Waals surface area contributed by atoms with E-state index in [1.807, 2.05) is 0 Å². The minimum absolute atomic E-state index is 0.0339. The zero-order chi connectivity index (χ0) is 12.7. The fourth-order valence-corrected chi connectivity index (χ4v) is 1.77. The fraction of sp³-hybridized carbons (Fsp3) is 0.462. The zero-order valence-corrected chi connectivity index (χ0v) is 10.9. The van der Waals surface area contributed by atoms with Crippen LogP contribution in [0.1, 0.15) is 38.2 Å². The van der Waals surface area contributed by atoms with Crippen molar-refractivity contribution in [3.63, 3.8) is 0 Å². The van der Waals surface area contributed by atoms with Gasteiger partial charge in [0.2, 0.25) is 0 Å². The van der Waals surface area contributed by atoms with Gasteiger partial charge in [-0.05, 0) is 18.6 Å². The standard InChI is InChI=1S/C13H18FNOS/c1-2-3-4-5-9-16-11-8-6-7-10(14)12(11)13(15)17/h6-8H,2-5,9H2,1H3,(H2,15,17). The number of halogens is 1. The lowest BCUT2D eigenvalue weighted by Gasteiger charge is -2.11. The molecule has 4 heteroatoms. The van der Waals surface area contributed by atoms with Gasteiger partial charge in [-0.2, -0.15) is 0 Å². The van der Waals surface area contributed by atoms with Gasteiger partial charge < -0.3 is 10.5 Å². The SMILES string of the molecule is CCCCCCOc1cccc(F)c1C(N)=S. The second-order valence-electron chi connectivity index (χ2n) is 3.89. The summed E-state index contributed by atoms with van der Waals surface area (Å²) >= 11 is 4.82. The molecule has 0 aliphatic rings. The van der Waals surface area contributed by atoms with Gasteiger partial charge in [-0.15, -0.1) is 0 Å². The predicted octanol–water partition coefficient (Wildman–Crippen LogP) is 3.42. The van der Waals surface area contributed by atoms with Crippen LogP contribution >= 0.6 is 12.2 Å². The lowest BCUT2D eigenvalue weighted by Crippen LogP contribution is -2.14. The molecule has 0 saturated heterocycles. The lowest BCUT2D eigenvalue weighted by atomic mass is 10.2. The largest absolute Gasteiger partial charge is 0.493 e. The summed E-state index contributed by atoms with van der Waals surface area (Å²) in [4.78, 5) is 0.0339. The number of ether oxygens (including phenoxy) is 1. The molecule has 0 aromatic heterocycles. The van der Waals surface area contributed by atoms with Crippen molar-refractivity contribution in [3.05, 3.63) is 29.6 Å². The van der Waals surface area contributed by atoms with Gasteiger partial charge in [0.05, 0.1) is 12.2 Å². The Morgan fingerprint density at radius 3 is 2.76 bits per heavy atom. The molecule has 1 aromatic carbocycles. The third-order valence-electron chi connectivity index (χ3n) is 2.48. The Morgan fingerprint density at radius 1 is 1.35 bits per heavy atom. The first-order chi connectivity index (χ1) is 8.16. The molecule has 0 fully saturated rings. The molecule has 0 aliphatic carbocycles. The van der Waals surface area contributed by atoms with E-state index in [1.165, 1.54) is 18.9 Å². The quantitative estimate of drug-likeness (QED) is 0.599. The van der Waals surface area contributed by atoms with Gasteiger partial charge in [0.15, 0.2) is 0 Å². The first kappa shape index (κ1) is 13.9. The smallest absolute Gasteiger partial charge is 0.137 e. The van der Waals surface area contributed by atoms with Crippen LogP contribution in [0.25, 0.3) is 0 Å². The molecule has 17 heavy (non-hydrogen) atoms. The Morgan fingerprint density at radius 2 is 2.12 bits per heavy atom. The highest BCUT2D eigenvalue weighted by atomic mass is 32.1. The summed E-state index contributed by atoms with van der Waals surface area (Å²) in [6.07, 6.45) is 4.45. The van der Waals surface area contributed by atoms with Gasteiger partial charge in [0.25, 0.3) is 0 Å². The van der Waals surface area contributed by atoms with E-state index in [2.05, 4.69) is 6.92 Å². The van der Waals surface area contributed by atoms with Crippen molar-refractivity contribution in [1.29, 1.82) is 0 Å². The van der Waals surface area contributed by atoms with Crippen LogP contribution in [0.5, 0.6) is 5.75 Å². The number of benzene rings is 1. The Bertz CT molecular complexity index is 382. The highest BCUT2D eigenvalue weighted by Crippen LogP contribution is 2.21. The molecule has 2 N–H and O–H groups in total. The maximum Gasteiger partial charge on any atom is 0.137 e. The van der Waals surface area contributed by atoms with Crippen LogP contribution in [-0.4, -0.2) is 11.6 Å². The number of hydrogen-bond acceptors (Lipinski definition) is 2. The minimum Gasteiger partial charge on any atom is -0.493 e. The molecule has 0 spiro atoms. The van der Waals surface area contributed by atoms with Crippen molar-refractivity contribution in [2.45, 2.75) is 32.6 Å². The lowest BCUT2D eigenvalue weighted by molar-refractivity contribution is 0.303. The molecule has 0 heterocycles. The Balaban J connectivity index is 2.58. The zero-order valence-electron chi connectivity index (χ0n) is 10.0. The van der Waals surface area contributed by atoms with E-state index in [0.717, 1.165) is 12.8 Å².